The number of nitrogens with zero attached hydrogens (tertiary/aromatic N) is 2. The van der Waals surface area contributed by atoms with E-state index in [9.17, 15) is 44.3 Å². The summed E-state index contributed by atoms with van der Waals surface area (Å²) in [4.78, 5) is 24.2. The Balaban J connectivity index is 1.67. The monoisotopic (exact) mass is 604 g/mol. The van der Waals surface area contributed by atoms with Crippen LogP contribution in [0.4, 0.5) is 39.5 Å². The Kier molecular flexibility index (Phi) is 7.36. The van der Waals surface area contributed by atoms with E-state index in [2.05, 4.69) is 20.8 Å². The average Bonchev–Trinajstić information content (AvgIpc) is 3.45. The summed E-state index contributed by atoms with van der Waals surface area (Å²) in [7, 11) is 0. The number of alkyl halides is 9. The van der Waals surface area contributed by atoms with Gasteiger partial charge in [-0.1, -0.05) is 23.8 Å². The van der Waals surface area contributed by atoms with Crippen molar-refractivity contribution in [1.29, 1.82) is 0 Å². The summed E-state index contributed by atoms with van der Waals surface area (Å²) in [6, 6.07) is 1.77. The molecular formula is C22H14ClF9N4O2S. The van der Waals surface area contributed by atoms with Crippen molar-refractivity contribution in [2.45, 2.75) is 36.4 Å². The molecular weight excluding hydrogens is 591 g/mol. The van der Waals surface area contributed by atoms with Gasteiger partial charge in [0.25, 0.3) is 5.91 Å². The van der Waals surface area contributed by atoms with Gasteiger partial charge in [-0.3, -0.25) is 19.6 Å². The summed E-state index contributed by atoms with van der Waals surface area (Å²) in [5, 5.41) is 0.957. The summed E-state index contributed by atoms with van der Waals surface area (Å²) in [6.45, 7) is -1.19. The Morgan fingerprint density at radius 1 is 1.08 bits per heavy atom. The molecule has 2 unspecified atom stereocenters. The second-order valence-corrected chi connectivity index (χ2v) is 9.42. The summed E-state index contributed by atoms with van der Waals surface area (Å²) in [5.41, 5.74) is -6.58. The quantitative estimate of drug-likeness (QED) is 0.373. The number of amides is 1. The van der Waals surface area contributed by atoms with Crippen molar-refractivity contribution in [3.05, 3.63) is 63.4 Å². The average molecular weight is 605 g/mol. The number of thiocarbonyl (C=S) groups is 1. The third-order valence-electron chi connectivity index (χ3n) is 6.15. The maximum Gasteiger partial charge on any atom is 0.417 e. The zero-order chi connectivity index (χ0) is 29.0. The second-order valence-electron chi connectivity index (χ2n) is 8.64. The van der Waals surface area contributed by atoms with E-state index in [-0.39, 0.29) is 40.7 Å². The molecule has 1 saturated heterocycles. The highest BCUT2D eigenvalue weighted by molar-refractivity contribution is 7.80. The molecule has 1 fully saturated rings. The van der Waals surface area contributed by atoms with Crippen LogP contribution in [0, 0.1) is 0 Å². The molecule has 6 nitrogen and oxygen atoms in total. The lowest BCUT2D eigenvalue weighted by atomic mass is 9.75. The normalized spacial score (nSPS) is 22.1. The van der Waals surface area contributed by atoms with E-state index in [1.165, 1.54) is 18.3 Å². The van der Waals surface area contributed by atoms with E-state index < -0.39 is 70.6 Å². The lowest BCUT2D eigenvalue weighted by Gasteiger charge is -2.33. The summed E-state index contributed by atoms with van der Waals surface area (Å²) in [6.07, 6.45) is -16.1. The van der Waals surface area contributed by atoms with E-state index >= 15 is 0 Å². The predicted molar refractivity (Wildman–Crippen MR) is 122 cm³/mol. The molecule has 4 rings (SSSR count). The van der Waals surface area contributed by atoms with Crippen molar-refractivity contribution < 1.29 is 49.1 Å². The molecule has 17 heteroatoms. The first-order valence-electron chi connectivity index (χ1n) is 10.7. The fraction of sp³-hybridized carbons (Fsp3) is 0.364. The van der Waals surface area contributed by atoms with Crippen LogP contribution >= 0.6 is 23.8 Å². The fourth-order valence-corrected chi connectivity index (χ4v) is 4.64. The molecule has 2 aliphatic heterocycles. The summed E-state index contributed by atoms with van der Waals surface area (Å²) < 4.78 is 124. The largest absolute Gasteiger partial charge is 0.417 e. The molecule has 2 aliphatic rings. The molecule has 0 radical (unpaired) electrons. The molecule has 0 aliphatic carbocycles. The lowest BCUT2D eigenvalue weighted by molar-refractivity contribution is -0.184. The lowest BCUT2D eigenvalue weighted by Crippen LogP contribution is -2.44. The number of aromatic nitrogens is 1. The maximum absolute atomic E-state index is 14.4. The Morgan fingerprint density at radius 3 is 2.15 bits per heavy atom. The zero-order valence-electron chi connectivity index (χ0n) is 19.0. The smallest absolute Gasteiger partial charge is 0.362 e. The van der Waals surface area contributed by atoms with Crippen LogP contribution in [0.2, 0.25) is 5.02 Å². The number of benzene rings is 1. The molecule has 210 valence electrons. The molecule has 3 heterocycles. The number of carbonyl (C=O) groups is 1. The van der Waals surface area contributed by atoms with Crippen LogP contribution in [0.5, 0.6) is 0 Å². The molecule has 2 aromatic rings. The van der Waals surface area contributed by atoms with Crippen molar-refractivity contribution in [3.63, 3.8) is 0 Å². The number of aliphatic imine (C=N–C) groups is 1. The first-order valence-corrected chi connectivity index (χ1v) is 11.5. The van der Waals surface area contributed by atoms with Crippen molar-refractivity contribution >= 4 is 40.4 Å². The van der Waals surface area contributed by atoms with E-state index in [1.54, 1.807) is 0 Å². The van der Waals surface area contributed by atoms with Gasteiger partial charge in [0.2, 0.25) is 0 Å². The molecule has 2 atom stereocenters. The Morgan fingerprint density at radius 2 is 1.69 bits per heavy atom. The molecule has 1 amide bonds. The van der Waals surface area contributed by atoms with Gasteiger partial charge < -0.3 is 5.32 Å². The van der Waals surface area contributed by atoms with Crippen molar-refractivity contribution in [2.24, 2.45) is 4.99 Å². The first-order chi connectivity index (χ1) is 17.9. The summed E-state index contributed by atoms with van der Waals surface area (Å²) >= 11 is 10.5. The van der Waals surface area contributed by atoms with Crippen LogP contribution in [-0.4, -0.2) is 47.0 Å². The van der Waals surface area contributed by atoms with Crippen LogP contribution in [-0.2, 0) is 27.4 Å². The minimum Gasteiger partial charge on any atom is -0.362 e. The van der Waals surface area contributed by atoms with E-state index in [0.717, 1.165) is 0 Å². The Bertz CT molecular complexity index is 1310. The minimum atomic E-state index is -5.46. The standard InChI is InChI=1S/C22H14ClF9N4O2S/c23-16-11(20(24,25)26)3-10(4-12(16)21(27,28)29)19(22(30,31)32)5-14(34-8-19)13-2-1-9(6-33-13)18(39)35-15-7-38-36-17(15)37/h1-4,6,15H,5,7-8H2,(H,35,39)(H,36,37). The number of pyridine rings is 1. The number of carbonyl (C=O) groups excluding carboxylic acids is 1. The highest BCUT2D eigenvalue weighted by atomic mass is 35.5. The van der Waals surface area contributed by atoms with Crippen molar-refractivity contribution in [1.82, 2.24) is 15.8 Å². The van der Waals surface area contributed by atoms with E-state index in [0.29, 0.717) is 0 Å². The topological polar surface area (TPSA) is 75.6 Å². The Hall–Kier alpha value is -2.98. The van der Waals surface area contributed by atoms with Crippen LogP contribution in [0.3, 0.4) is 0 Å². The van der Waals surface area contributed by atoms with Crippen LogP contribution < -0.4 is 10.8 Å². The van der Waals surface area contributed by atoms with Crippen molar-refractivity contribution in [3.8, 4) is 0 Å². The van der Waals surface area contributed by atoms with Gasteiger partial charge in [-0.15, -0.1) is 0 Å². The highest BCUT2D eigenvalue weighted by Gasteiger charge is 2.59. The molecule has 1 aromatic carbocycles. The molecule has 0 saturated carbocycles. The van der Waals surface area contributed by atoms with Crippen LogP contribution in [0.25, 0.3) is 0 Å². The van der Waals surface area contributed by atoms with Crippen LogP contribution in [0.15, 0.2) is 35.5 Å². The molecule has 0 bridgehead atoms. The minimum absolute atomic E-state index is 0.0162. The zero-order valence-corrected chi connectivity index (χ0v) is 20.6. The Labute approximate surface area is 223 Å². The molecule has 39 heavy (non-hydrogen) atoms. The number of hydrogen-bond acceptors (Lipinski definition) is 5. The van der Waals surface area contributed by atoms with E-state index in [4.69, 9.17) is 28.7 Å². The van der Waals surface area contributed by atoms with Gasteiger partial charge in [0, 0.05) is 18.2 Å². The van der Waals surface area contributed by atoms with Gasteiger partial charge in [-0.05, 0) is 29.8 Å². The van der Waals surface area contributed by atoms with Gasteiger partial charge in [0.05, 0.1) is 34.1 Å². The summed E-state index contributed by atoms with van der Waals surface area (Å²) in [5.74, 6) is -0.477. The second kappa shape index (κ2) is 9.89. The molecule has 1 aromatic heterocycles. The van der Waals surface area contributed by atoms with Gasteiger partial charge in [0.15, 0.2) is 0 Å². The number of nitrogens with one attached hydrogen (secondary N) is 2. The number of hydroxylamine groups is 1. The van der Waals surface area contributed by atoms with Gasteiger partial charge >= 0.3 is 18.5 Å². The van der Waals surface area contributed by atoms with Crippen molar-refractivity contribution in [2.75, 3.05) is 13.2 Å². The van der Waals surface area contributed by atoms with E-state index in [1.807, 2.05) is 0 Å². The van der Waals surface area contributed by atoms with Gasteiger partial charge in [-0.2, -0.15) is 39.5 Å². The predicted octanol–water partition coefficient (Wildman–Crippen LogP) is 5.16. The highest BCUT2D eigenvalue weighted by Crippen LogP contribution is 2.51. The number of hydrogen-bond donors (Lipinski definition) is 2. The van der Waals surface area contributed by atoms with Gasteiger partial charge in [0.1, 0.15) is 23.1 Å². The fourth-order valence-electron chi connectivity index (χ4n) is 4.05. The third kappa shape index (κ3) is 5.54. The SMILES string of the molecule is O=C1NOCC1NC(=S)c1ccc(C2=NCC(c3cc(C(F)(F)F)c(Cl)c(C(F)(F)F)c3)(C(F)(F)F)C2)nc1. The molecule has 2 N–H and O–H groups in total. The number of halogens is 10. The van der Waals surface area contributed by atoms with Crippen LogP contribution in [0.1, 0.15) is 34.4 Å². The third-order valence-corrected chi connectivity index (χ3v) is 6.91. The maximum atomic E-state index is 14.4. The first kappa shape index (κ1) is 29.0. The number of rotatable bonds is 4. The molecule has 0 spiro atoms. The van der Waals surface area contributed by atoms with Gasteiger partial charge in [-0.25, -0.2) is 5.48 Å².